The van der Waals surface area contributed by atoms with Gasteiger partial charge in [-0.3, -0.25) is 4.31 Å². The number of benzene rings is 1. The molecule has 112 valence electrons. The van der Waals surface area contributed by atoms with Crippen LogP contribution < -0.4 is 4.31 Å². The first-order chi connectivity index (χ1) is 9.46. The van der Waals surface area contributed by atoms with Crippen molar-refractivity contribution in [3.05, 3.63) is 30.1 Å². The molecule has 0 radical (unpaired) electrons. The second-order valence-electron chi connectivity index (χ2n) is 4.87. The molecule has 0 saturated carbocycles. The van der Waals surface area contributed by atoms with Crippen molar-refractivity contribution in [2.45, 2.75) is 25.3 Å². The van der Waals surface area contributed by atoms with E-state index in [9.17, 15) is 12.8 Å². The molecule has 0 spiro atoms. The Bertz CT molecular complexity index is 567. The van der Waals surface area contributed by atoms with Crippen molar-refractivity contribution >= 4 is 27.5 Å². The Morgan fingerprint density at radius 3 is 2.85 bits per heavy atom. The van der Waals surface area contributed by atoms with Gasteiger partial charge in [0, 0.05) is 25.5 Å². The number of halogens is 2. The van der Waals surface area contributed by atoms with E-state index in [-0.39, 0.29) is 11.9 Å². The number of rotatable bonds is 4. The fraction of sp³-hybridized carbons (Fsp3) is 0.538. The SMILES string of the molecule is CN(c1cccc(F)c1)S(=O)(=O)N1CCCCC1CCl. The molecule has 1 aromatic carbocycles. The predicted molar refractivity (Wildman–Crippen MR) is 78.8 cm³/mol. The lowest BCUT2D eigenvalue weighted by atomic mass is 10.1. The fourth-order valence-corrected chi connectivity index (χ4v) is 4.41. The molecule has 1 heterocycles. The Hall–Kier alpha value is -0.850. The van der Waals surface area contributed by atoms with Gasteiger partial charge in [-0.1, -0.05) is 12.5 Å². The number of hydrogen-bond donors (Lipinski definition) is 0. The monoisotopic (exact) mass is 320 g/mol. The highest BCUT2D eigenvalue weighted by Crippen LogP contribution is 2.26. The second-order valence-corrected chi connectivity index (χ2v) is 7.09. The van der Waals surface area contributed by atoms with Crippen molar-refractivity contribution < 1.29 is 12.8 Å². The summed E-state index contributed by atoms with van der Waals surface area (Å²) in [5.41, 5.74) is 0.309. The maximum absolute atomic E-state index is 13.2. The lowest BCUT2D eigenvalue weighted by Gasteiger charge is -2.36. The molecule has 0 bridgehead atoms. The zero-order valence-electron chi connectivity index (χ0n) is 11.3. The summed E-state index contributed by atoms with van der Waals surface area (Å²) in [5, 5.41) is 0. The van der Waals surface area contributed by atoms with Crippen LogP contribution in [0, 0.1) is 5.82 Å². The summed E-state index contributed by atoms with van der Waals surface area (Å²) < 4.78 is 41.1. The zero-order valence-corrected chi connectivity index (χ0v) is 12.9. The van der Waals surface area contributed by atoms with E-state index in [2.05, 4.69) is 0 Å². The van der Waals surface area contributed by atoms with Crippen LogP contribution in [0.25, 0.3) is 0 Å². The Labute approximate surface area is 124 Å². The van der Waals surface area contributed by atoms with Gasteiger partial charge in [0.1, 0.15) is 5.82 Å². The average molecular weight is 321 g/mol. The minimum absolute atomic E-state index is 0.188. The van der Waals surface area contributed by atoms with E-state index in [1.54, 1.807) is 6.07 Å². The molecule has 2 rings (SSSR count). The van der Waals surface area contributed by atoms with E-state index in [0.29, 0.717) is 12.2 Å². The van der Waals surface area contributed by atoms with Crippen LogP contribution in [0.1, 0.15) is 19.3 Å². The molecular formula is C13H18ClFN2O2S. The highest BCUT2D eigenvalue weighted by atomic mass is 35.5. The lowest BCUT2D eigenvalue weighted by molar-refractivity contribution is 0.271. The van der Waals surface area contributed by atoms with Crippen LogP contribution in [0.15, 0.2) is 24.3 Å². The van der Waals surface area contributed by atoms with Crippen molar-refractivity contribution in [1.29, 1.82) is 0 Å². The summed E-state index contributed by atoms with van der Waals surface area (Å²) in [4.78, 5) is 0. The number of piperidine rings is 1. The smallest absolute Gasteiger partial charge is 0.261 e. The van der Waals surface area contributed by atoms with Gasteiger partial charge in [-0.2, -0.15) is 12.7 Å². The summed E-state index contributed by atoms with van der Waals surface area (Å²) >= 11 is 5.87. The Balaban J connectivity index is 2.29. The highest BCUT2D eigenvalue weighted by molar-refractivity contribution is 7.90. The summed E-state index contributed by atoms with van der Waals surface area (Å²) in [6.45, 7) is 0.458. The molecule has 20 heavy (non-hydrogen) atoms. The first-order valence-corrected chi connectivity index (χ1v) is 8.47. The molecule has 1 atom stereocenters. The third kappa shape index (κ3) is 3.07. The Morgan fingerprint density at radius 2 is 2.20 bits per heavy atom. The van der Waals surface area contributed by atoms with Crippen LogP contribution in [0.2, 0.25) is 0 Å². The van der Waals surface area contributed by atoms with E-state index in [1.807, 2.05) is 0 Å². The predicted octanol–water partition coefficient (Wildman–Crippen LogP) is 2.60. The van der Waals surface area contributed by atoms with Gasteiger partial charge >= 0.3 is 10.2 Å². The maximum atomic E-state index is 13.2. The molecule has 1 aliphatic rings. The molecule has 0 amide bonds. The maximum Gasteiger partial charge on any atom is 0.304 e. The normalized spacial score (nSPS) is 20.9. The summed E-state index contributed by atoms with van der Waals surface area (Å²) in [7, 11) is -2.24. The van der Waals surface area contributed by atoms with Crippen LogP contribution in [0.5, 0.6) is 0 Å². The summed E-state index contributed by atoms with van der Waals surface area (Å²) in [6.07, 6.45) is 2.57. The molecule has 1 unspecified atom stereocenters. The summed E-state index contributed by atoms with van der Waals surface area (Å²) in [5.74, 6) is -0.187. The van der Waals surface area contributed by atoms with E-state index in [0.717, 1.165) is 23.6 Å². The average Bonchev–Trinajstić information content (AvgIpc) is 2.46. The van der Waals surface area contributed by atoms with Gasteiger partial charge in [0.05, 0.1) is 5.69 Å². The molecule has 1 saturated heterocycles. The number of nitrogens with zero attached hydrogens (tertiary/aromatic N) is 2. The van der Waals surface area contributed by atoms with E-state index < -0.39 is 16.0 Å². The second kappa shape index (κ2) is 6.28. The van der Waals surface area contributed by atoms with Crippen LogP contribution in [-0.4, -0.2) is 38.2 Å². The van der Waals surface area contributed by atoms with Crippen LogP contribution in [-0.2, 0) is 10.2 Å². The third-order valence-electron chi connectivity index (χ3n) is 3.57. The molecule has 1 aliphatic heterocycles. The largest absolute Gasteiger partial charge is 0.304 e. The summed E-state index contributed by atoms with van der Waals surface area (Å²) in [6, 6.07) is 5.36. The van der Waals surface area contributed by atoms with Crippen LogP contribution in [0.4, 0.5) is 10.1 Å². The number of hydrogen-bond acceptors (Lipinski definition) is 2. The third-order valence-corrected chi connectivity index (χ3v) is 5.90. The molecule has 1 fully saturated rings. The van der Waals surface area contributed by atoms with E-state index >= 15 is 0 Å². The van der Waals surface area contributed by atoms with Gasteiger partial charge in [0.15, 0.2) is 0 Å². The first-order valence-electron chi connectivity index (χ1n) is 6.54. The standard InChI is InChI=1S/C13H18ClFN2O2S/c1-16(12-7-4-5-11(15)9-12)20(18,19)17-8-3-2-6-13(17)10-14/h4-5,7,9,13H,2-3,6,8,10H2,1H3. The molecule has 0 aliphatic carbocycles. The lowest BCUT2D eigenvalue weighted by Crippen LogP contribution is -2.50. The van der Waals surface area contributed by atoms with E-state index in [1.165, 1.54) is 29.6 Å². The molecule has 0 N–H and O–H groups in total. The number of alkyl halides is 1. The molecule has 7 heteroatoms. The van der Waals surface area contributed by atoms with Gasteiger partial charge in [0.2, 0.25) is 0 Å². The van der Waals surface area contributed by atoms with Gasteiger partial charge in [0.25, 0.3) is 0 Å². The zero-order chi connectivity index (χ0) is 14.8. The van der Waals surface area contributed by atoms with Crippen molar-refractivity contribution in [3.63, 3.8) is 0 Å². The van der Waals surface area contributed by atoms with Crippen molar-refractivity contribution in [2.24, 2.45) is 0 Å². The number of anilines is 1. The topological polar surface area (TPSA) is 40.6 Å². The van der Waals surface area contributed by atoms with Crippen molar-refractivity contribution in [3.8, 4) is 0 Å². The van der Waals surface area contributed by atoms with Crippen LogP contribution in [0.3, 0.4) is 0 Å². The quantitative estimate of drug-likeness (QED) is 0.800. The Morgan fingerprint density at radius 1 is 1.45 bits per heavy atom. The minimum atomic E-state index is -3.68. The van der Waals surface area contributed by atoms with E-state index in [4.69, 9.17) is 11.6 Å². The van der Waals surface area contributed by atoms with Gasteiger partial charge in [-0.05, 0) is 31.0 Å². The molecule has 4 nitrogen and oxygen atoms in total. The van der Waals surface area contributed by atoms with Crippen LogP contribution >= 0.6 is 11.6 Å². The van der Waals surface area contributed by atoms with Crippen molar-refractivity contribution in [1.82, 2.24) is 4.31 Å². The van der Waals surface area contributed by atoms with Gasteiger partial charge < -0.3 is 0 Å². The molecule has 0 aromatic heterocycles. The van der Waals surface area contributed by atoms with Gasteiger partial charge in [-0.15, -0.1) is 11.6 Å². The van der Waals surface area contributed by atoms with Crippen molar-refractivity contribution in [2.75, 3.05) is 23.8 Å². The highest BCUT2D eigenvalue weighted by Gasteiger charge is 2.34. The minimum Gasteiger partial charge on any atom is -0.261 e. The first kappa shape index (κ1) is 15.5. The molecular weight excluding hydrogens is 303 g/mol. The fourth-order valence-electron chi connectivity index (χ4n) is 2.39. The molecule has 1 aromatic rings. The van der Waals surface area contributed by atoms with Gasteiger partial charge in [-0.25, -0.2) is 4.39 Å². The Kier molecular flexibility index (Phi) is 4.88.